The first-order valence-corrected chi connectivity index (χ1v) is 6.91. The third-order valence-corrected chi connectivity index (χ3v) is 2.88. The summed E-state index contributed by atoms with van der Waals surface area (Å²) < 4.78 is 11.3. The lowest BCUT2D eigenvalue weighted by Crippen LogP contribution is -2.28. The molecular formula is C16H18N2O4. The zero-order valence-electron chi connectivity index (χ0n) is 12.8. The number of methoxy groups -OCH3 is 1. The molecular weight excluding hydrogens is 284 g/mol. The molecule has 0 radical (unpaired) electrons. The molecule has 22 heavy (non-hydrogen) atoms. The van der Waals surface area contributed by atoms with Crippen LogP contribution in [-0.2, 0) is 16.1 Å². The highest BCUT2D eigenvalue weighted by atomic mass is 16.5. The van der Waals surface area contributed by atoms with Crippen molar-refractivity contribution in [3.63, 3.8) is 0 Å². The van der Waals surface area contributed by atoms with E-state index in [0.29, 0.717) is 11.4 Å². The number of ether oxygens (including phenoxy) is 2. The Balaban J connectivity index is 2.30. The molecule has 0 aliphatic rings. The van der Waals surface area contributed by atoms with Crippen molar-refractivity contribution in [3.05, 3.63) is 46.8 Å². The molecule has 6 heteroatoms. The van der Waals surface area contributed by atoms with Gasteiger partial charge in [-0.1, -0.05) is 12.1 Å². The minimum absolute atomic E-state index is 0.213. The summed E-state index contributed by atoms with van der Waals surface area (Å²) >= 11 is 0. The second kappa shape index (κ2) is 6.89. The minimum atomic E-state index is -0.493. The number of esters is 1. The van der Waals surface area contributed by atoms with E-state index in [0.717, 1.165) is 10.2 Å². The predicted octanol–water partition coefficient (Wildman–Crippen LogP) is 1.87. The van der Waals surface area contributed by atoms with Gasteiger partial charge in [0.1, 0.15) is 12.3 Å². The van der Waals surface area contributed by atoms with Gasteiger partial charge in [-0.15, -0.1) is 0 Å². The summed E-state index contributed by atoms with van der Waals surface area (Å²) in [7, 11) is 1.58. The molecule has 1 heterocycles. The fourth-order valence-corrected chi connectivity index (χ4v) is 1.92. The van der Waals surface area contributed by atoms with E-state index in [9.17, 15) is 9.59 Å². The van der Waals surface area contributed by atoms with Crippen LogP contribution in [-0.4, -0.2) is 29.0 Å². The van der Waals surface area contributed by atoms with Gasteiger partial charge < -0.3 is 9.47 Å². The summed E-state index contributed by atoms with van der Waals surface area (Å²) in [6.45, 7) is 3.29. The summed E-state index contributed by atoms with van der Waals surface area (Å²) in [5, 5.41) is 4.21. The normalized spacial score (nSPS) is 10.5. The zero-order chi connectivity index (χ0) is 16.1. The first-order valence-electron chi connectivity index (χ1n) is 6.91. The molecule has 2 rings (SSSR count). The molecule has 0 aliphatic heterocycles. The Kier molecular flexibility index (Phi) is 4.93. The molecule has 6 nitrogen and oxygen atoms in total. The molecule has 0 N–H and O–H groups in total. The van der Waals surface area contributed by atoms with Crippen molar-refractivity contribution in [3.8, 4) is 17.0 Å². The van der Waals surface area contributed by atoms with Crippen LogP contribution in [0.3, 0.4) is 0 Å². The second-order valence-corrected chi connectivity index (χ2v) is 4.99. The highest BCUT2D eigenvalue weighted by Gasteiger charge is 2.10. The Morgan fingerprint density at radius 1 is 1.27 bits per heavy atom. The molecule has 0 saturated carbocycles. The first kappa shape index (κ1) is 15.8. The average Bonchev–Trinajstić information content (AvgIpc) is 2.48. The molecule has 0 fully saturated rings. The van der Waals surface area contributed by atoms with Crippen molar-refractivity contribution >= 4 is 5.97 Å². The van der Waals surface area contributed by atoms with E-state index in [1.165, 1.54) is 6.07 Å². The number of carbonyl (C=O) groups is 1. The van der Waals surface area contributed by atoms with Gasteiger partial charge in [-0.2, -0.15) is 5.10 Å². The van der Waals surface area contributed by atoms with Crippen molar-refractivity contribution in [1.29, 1.82) is 0 Å². The van der Waals surface area contributed by atoms with Gasteiger partial charge in [0.2, 0.25) is 0 Å². The fourth-order valence-electron chi connectivity index (χ4n) is 1.92. The largest absolute Gasteiger partial charge is 0.497 e. The minimum Gasteiger partial charge on any atom is -0.497 e. The second-order valence-electron chi connectivity index (χ2n) is 4.99. The quantitative estimate of drug-likeness (QED) is 0.789. The molecule has 116 valence electrons. The molecule has 0 bridgehead atoms. The summed E-state index contributed by atoms with van der Waals surface area (Å²) in [6.07, 6.45) is -0.232. The van der Waals surface area contributed by atoms with E-state index >= 15 is 0 Å². The first-order chi connectivity index (χ1) is 10.5. The van der Waals surface area contributed by atoms with Gasteiger partial charge in [-0.25, -0.2) is 4.68 Å². The Hall–Kier alpha value is -2.63. The smallest absolute Gasteiger partial charge is 0.328 e. The zero-order valence-corrected chi connectivity index (χ0v) is 12.8. The Bertz CT molecular complexity index is 722. The maximum Gasteiger partial charge on any atom is 0.328 e. The summed E-state index contributed by atoms with van der Waals surface area (Å²) in [6, 6.07) is 10.3. The molecule has 0 amide bonds. The van der Waals surface area contributed by atoms with E-state index in [4.69, 9.17) is 9.47 Å². The van der Waals surface area contributed by atoms with Gasteiger partial charge in [0.25, 0.3) is 5.56 Å². The van der Waals surface area contributed by atoms with Crippen LogP contribution in [0.1, 0.15) is 13.8 Å². The highest BCUT2D eigenvalue weighted by molar-refractivity contribution is 5.69. The van der Waals surface area contributed by atoms with Crippen LogP contribution in [0.5, 0.6) is 5.75 Å². The van der Waals surface area contributed by atoms with Crippen molar-refractivity contribution in [2.75, 3.05) is 7.11 Å². The fraction of sp³-hybridized carbons (Fsp3) is 0.312. The SMILES string of the molecule is COc1cccc(-c2ccc(=O)n(CC(=O)OC(C)C)n2)c1. The van der Waals surface area contributed by atoms with Crippen molar-refractivity contribution < 1.29 is 14.3 Å². The van der Waals surface area contributed by atoms with Crippen LogP contribution >= 0.6 is 0 Å². The monoisotopic (exact) mass is 302 g/mol. The number of hydrogen-bond donors (Lipinski definition) is 0. The number of nitrogens with zero attached hydrogens (tertiary/aromatic N) is 2. The number of hydrogen-bond acceptors (Lipinski definition) is 5. The number of aromatic nitrogens is 2. The third-order valence-electron chi connectivity index (χ3n) is 2.88. The lowest BCUT2D eigenvalue weighted by atomic mass is 10.1. The topological polar surface area (TPSA) is 70.4 Å². The van der Waals surface area contributed by atoms with E-state index in [2.05, 4.69) is 5.10 Å². The summed E-state index contributed by atoms with van der Waals surface area (Å²) in [5.74, 6) is 0.198. The molecule has 0 saturated heterocycles. The van der Waals surface area contributed by atoms with Gasteiger partial charge in [0.05, 0.1) is 18.9 Å². The maximum absolute atomic E-state index is 11.8. The molecule has 0 spiro atoms. The van der Waals surface area contributed by atoms with Gasteiger partial charge in [-0.05, 0) is 32.0 Å². The molecule has 0 aliphatic carbocycles. The van der Waals surface area contributed by atoms with E-state index in [1.807, 2.05) is 24.3 Å². The lowest BCUT2D eigenvalue weighted by molar-refractivity contribution is -0.148. The summed E-state index contributed by atoms with van der Waals surface area (Å²) in [5.41, 5.74) is 1.02. The highest BCUT2D eigenvalue weighted by Crippen LogP contribution is 2.21. The van der Waals surface area contributed by atoms with Crippen LogP contribution in [0.25, 0.3) is 11.3 Å². The van der Waals surface area contributed by atoms with Crippen molar-refractivity contribution in [2.45, 2.75) is 26.5 Å². The Morgan fingerprint density at radius 3 is 2.73 bits per heavy atom. The van der Waals surface area contributed by atoms with Crippen LogP contribution < -0.4 is 10.3 Å². The Labute approximate surface area is 128 Å². The standard InChI is InChI=1S/C16H18N2O4/c1-11(2)22-16(20)10-18-15(19)8-7-14(17-18)12-5-4-6-13(9-12)21-3/h4-9,11H,10H2,1-3H3. The summed E-state index contributed by atoms with van der Waals surface area (Å²) in [4.78, 5) is 23.5. The van der Waals surface area contributed by atoms with Gasteiger partial charge in [-0.3, -0.25) is 9.59 Å². The molecule has 0 atom stereocenters. The van der Waals surface area contributed by atoms with Crippen LogP contribution in [0.4, 0.5) is 0 Å². The van der Waals surface area contributed by atoms with Crippen LogP contribution in [0, 0.1) is 0 Å². The van der Waals surface area contributed by atoms with E-state index in [-0.39, 0.29) is 18.2 Å². The average molecular weight is 302 g/mol. The maximum atomic E-state index is 11.8. The Morgan fingerprint density at radius 2 is 2.05 bits per heavy atom. The third kappa shape index (κ3) is 3.94. The van der Waals surface area contributed by atoms with Crippen molar-refractivity contribution in [1.82, 2.24) is 9.78 Å². The van der Waals surface area contributed by atoms with Crippen LogP contribution in [0.2, 0.25) is 0 Å². The number of benzene rings is 1. The predicted molar refractivity (Wildman–Crippen MR) is 81.7 cm³/mol. The number of rotatable bonds is 5. The molecule has 0 unspecified atom stereocenters. The van der Waals surface area contributed by atoms with Crippen LogP contribution in [0.15, 0.2) is 41.2 Å². The van der Waals surface area contributed by atoms with E-state index < -0.39 is 5.97 Å². The van der Waals surface area contributed by atoms with Gasteiger partial charge >= 0.3 is 5.97 Å². The molecule has 2 aromatic rings. The molecule has 1 aromatic heterocycles. The van der Waals surface area contributed by atoms with E-state index in [1.54, 1.807) is 27.0 Å². The lowest BCUT2D eigenvalue weighted by Gasteiger charge is -2.10. The number of carbonyl (C=O) groups excluding carboxylic acids is 1. The van der Waals surface area contributed by atoms with Gasteiger partial charge in [0, 0.05) is 11.6 Å². The van der Waals surface area contributed by atoms with Crippen molar-refractivity contribution in [2.24, 2.45) is 0 Å². The van der Waals surface area contributed by atoms with Gasteiger partial charge in [0.15, 0.2) is 0 Å². The molecule has 1 aromatic carbocycles.